The molecule has 0 spiro atoms. The molecule has 2 N–H and O–H groups in total. The summed E-state index contributed by atoms with van der Waals surface area (Å²) in [6.07, 6.45) is 5.30. The molecular formula is C19H20ClN3OS. The van der Waals surface area contributed by atoms with Crippen molar-refractivity contribution in [1.82, 2.24) is 15.3 Å². The quantitative estimate of drug-likeness (QED) is 0.539. The standard InChI is InChI=1S/C19H19N3OS.ClH/c1-2-16-19(22-17(23-16)9-12-5-8-24-11-12)18-14(10-21-15(1)18)13-3-6-20-7-4-13;/h1-2,5,8,10-11,13,20-21H,3-4,6-7,9H2;1H. The fourth-order valence-corrected chi connectivity index (χ4v) is 4.45. The van der Waals surface area contributed by atoms with E-state index in [1.807, 2.05) is 6.07 Å². The van der Waals surface area contributed by atoms with Gasteiger partial charge in [-0.2, -0.15) is 11.3 Å². The molecule has 5 rings (SSSR count). The molecule has 4 heterocycles. The smallest absolute Gasteiger partial charge is 0.199 e. The van der Waals surface area contributed by atoms with Crippen LogP contribution in [0.4, 0.5) is 0 Å². The number of piperidine rings is 1. The molecule has 4 aromatic rings. The first-order valence-corrected chi connectivity index (χ1v) is 9.44. The number of rotatable bonds is 3. The average Bonchev–Trinajstić information content (AvgIpc) is 3.34. The van der Waals surface area contributed by atoms with Crippen molar-refractivity contribution in [2.75, 3.05) is 13.1 Å². The molecular weight excluding hydrogens is 354 g/mol. The third-order valence-corrected chi connectivity index (χ3v) is 5.72. The Balaban J connectivity index is 0.00000157. The van der Waals surface area contributed by atoms with Crippen molar-refractivity contribution in [2.45, 2.75) is 25.2 Å². The second-order valence-electron chi connectivity index (χ2n) is 6.52. The molecule has 4 nitrogen and oxygen atoms in total. The molecule has 0 aliphatic carbocycles. The Bertz CT molecular complexity index is 983. The van der Waals surface area contributed by atoms with E-state index in [0.29, 0.717) is 5.92 Å². The van der Waals surface area contributed by atoms with Crippen molar-refractivity contribution in [3.63, 3.8) is 0 Å². The van der Waals surface area contributed by atoms with Gasteiger partial charge in [-0.1, -0.05) is 0 Å². The summed E-state index contributed by atoms with van der Waals surface area (Å²) in [5.74, 6) is 1.40. The monoisotopic (exact) mass is 373 g/mol. The number of nitrogens with zero attached hydrogens (tertiary/aromatic N) is 1. The molecule has 0 bridgehead atoms. The Hall–Kier alpha value is -1.82. The van der Waals surface area contributed by atoms with Gasteiger partial charge in [-0.05, 0) is 71.9 Å². The molecule has 0 atom stereocenters. The SMILES string of the molecule is Cl.c1cc(Cc2nc3c(ccc4[nH]cc(C5CCNCC5)c43)o2)cs1. The predicted molar refractivity (Wildman–Crippen MR) is 105 cm³/mol. The zero-order chi connectivity index (χ0) is 15.9. The largest absolute Gasteiger partial charge is 0.440 e. The molecule has 1 saturated heterocycles. The van der Waals surface area contributed by atoms with Gasteiger partial charge < -0.3 is 14.7 Å². The Kier molecular flexibility index (Phi) is 4.54. The van der Waals surface area contributed by atoms with E-state index in [-0.39, 0.29) is 12.4 Å². The van der Waals surface area contributed by atoms with Crippen LogP contribution in [0.5, 0.6) is 0 Å². The molecule has 0 saturated carbocycles. The molecule has 0 amide bonds. The lowest BCUT2D eigenvalue weighted by Gasteiger charge is -2.22. The minimum Gasteiger partial charge on any atom is -0.440 e. The summed E-state index contributed by atoms with van der Waals surface area (Å²) in [5.41, 5.74) is 5.71. The average molecular weight is 374 g/mol. The van der Waals surface area contributed by atoms with Crippen LogP contribution in [0, 0.1) is 0 Å². The molecule has 1 fully saturated rings. The summed E-state index contributed by atoms with van der Waals surface area (Å²) < 4.78 is 6.03. The normalized spacial score (nSPS) is 15.7. The first-order valence-electron chi connectivity index (χ1n) is 8.49. The van der Waals surface area contributed by atoms with Gasteiger partial charge >= 0.3 is 0 Å². The fraction of sp³-hybridized carbons (Fsp3) is 0.316. The lowest BCUT2D eigenvalue weighted by atomic mass is 9.90. The Morgan fingerprint density at radius 2 is 2.08 bits per heavy atom. The van der Waals surface area contributed by atoms with Crippen LogP contribution in [0.25, 0.3) is 22.0 Å². The molecule has 0 unspecified atom stereocenters. The Labute approximate surface area is 156 Å². The summed E-state index contributed by atoms with van der Waals surface area (Å²) >= 11 is 1.71. The first-order chi connectivity index (χ1) is 11.9. The van der Waals surface area contributed by atoms with Gasteiger partial charge in [-0.15, -0.1) is 12.4 Å². The number of thiophene rings is 1. The van der Waals surface area contributed by atoms with E-state index in [1.54, 1.807) is 11.3 Å². The van der Waals surface area contributed by atoms with Crippen molar-refractivity contribution in [2.24, 2.45) is 0 Å². The number of aromatic nitrogens is 2. The zero-order valence-electron chi connectivity index (χ0n) is 13.7. The van der Waals surface area contributed by atoms with Gasteiger partial charge in [-0.3, -0.25) is 0 Å². The summed E-state index contributed by atoms with van der Waals surface area (Å²) in [7, 11) is 0. The highest BCUT2D eigenvalue weighted by Gasteiger charge is 2.21. The first kappa shape index (κ1) is 16.6. The van der Waals surface area contributed by atoms with Crippen molar-refractivity contribution in [3.8, 4) is 0 Å². The van der Waals surface area contributed by atoms with Crippen LogP contribution in [0.2, 0.25) is 0 Å². The van der Waals surface area contributed by atoms with E-state index in [9.17, 15) is 0 Å². The lowest BCUT2D eigenvalue weighted by molar-refractivity contribution is 0.462. The third-order valence-electron chi connectivity index (χ3n) is 4.99. The maximum absolute atomic E-state index is 6.03. The number of H-pyrrole nitrogens is 1. The van der Waals surface area contributed by atoms with E-state index in [1.165, 1.54) is 29.4 Å². The van der Waals surface area contributed by atoms with Crippen LogP contribution < -0.4 is 5.32 Å². The number of hydrogen-bond acceptors (Lipinski definition) is 4. The number of fused-ring (bicyclic) bond motifs is 3. The Morgan fingerprint density at radius 3 is 2.88 bits per heavy atom. The van der Waals surface area contributed by atoms with Crippen molar-refractivity contribution < 1.29 is 4.42 Å². The molecule has 1 aliphatic rings. The minimum atomic E-state index is 0. The molecule has 130 valence electrons. The summed E-state index contributed by atoms with van der Waals surface area (Å²) in [5, 5.41) is 8.95. The van der Waals surface area contributed by atoms with Gasteiger partial charge in [0, 0.05) is 17.1 Å². The van der Waals surface area contributed by atoms with E-state index in [0.717, 1.165) is 42.0 Å². The molecule has 1 aliphatic heterocycles. The summed E-state index contributed by atoms with van der Waals surface area (Å²) in [6, 6.07) is 6.28. The highest BCUT2D eigenvalue weighted by Crippen LogP contribution is 2.35. The van der Waals surface area contributed by atoms with Gasteiger partial charge in [0.1, 0.15) is 5.52 Å². The number of nitrogens with one attached hydrogen (secondary N) is 2. The Morgan fingerprint density at radius 1 is 1.20 bits per heavy atom. The van der Waals surface area contributed by atoms with E-state index < -0.39 is 0 Å². The van der Waals surface area contributed by atoms with Crippen LogP contribution in [-0.4, -0.2) is 23.1 Å². The number of aromatic amines is 1. The second-order valence-corrected chi connectivity index (χ2v) is 7.30. The third kappa shape index (κ3) is 2.97. The van der Waals surface area contributed by atoms with E-state index in [2.05, 4.69) is 39.4 Å². The summed E-state index contributed by atoms with van der Waals surface area (Å²) in [4.78, 5) is 8.28. The number of hydrogen-bond donors (Lipinski definition) is 2. The number of benzene rings is 1. The van der Waals surface area contributed by atoms with Crippen molar-refractivity contribution in [1.29, 1.82) is 0 Å². The number of halogens is 1. The minimum absolute atomic E-state index is 0. The molecule has 0 radical (unpaired) electrons. The van der Waals surface area contributed by atoms with Gasteiger partial charge in [0.05, 0.1) is 6.42 Å². The highest BCUT2D eigenvalue weighted by atomic mass is 35.5. The van der Waals surface area contributed by atoms with Crippen LogP contribution >= 0.6 is 23.7 Å². The van der Waals surface area contributed by atoms with Crippen molar-refractivity contribution in [3.05, 3.63) is 52.2 Å². The highest BCUT2D eigenvalue weighted by molar-refractivity contribution is 7.07. The van der Waals surface area contributed by atoms with Crippen LogP contribution in [0.1, 0.15) is 35.8 Å². The maximum atomic E-state index is 6.03. The topological polar surface area (TPSA) is 53.9 Å². The van der Waals surface area contributed by atoms with Gasteiger partial charge in [0.25, 0.3) is 0 Å². The number of oxazole rings is 1. The van der Waals surface area contributed by atoms with Gasteiger partial charge in [0.2, 0.25) is 0 Å². The van der Waals surface area contributed by atoms with Crippen LogP contribution in [0.3, 0.4) is 0 Å². The zero-order valence-corrected chi connectivity index (χ0v) is 15.4. The predicted octanol–water partition coefficient (Wildman–Crippen LogP) is 4.85. The molecule has 25 heavy (non-hydrogen) atoms. The van der Waals surface area contributed by atoms with Gasteiger partial charge in [-0.25, -0.2) is 4.98 Å². The van der Waals surface area contributed by atoms with E-state index in [4.69, 9.17) is 9.40 Å². The van der Waals surface area contributed by atoms with Gasteiger partial charge in [0.15, 0.2) is 11.5 Å². The molecule has 1 aromatic carbocycles. The second kappa shape index (κ2) is 6.83. The molecule has 3 aromatic heterocycles. The van der Waals surface area contributed by atoms with Crippen LogP contribution in [0.15, 0.2) is 39.6 Å². The fourth-order valence-electron chi connectivity index (χ4n) is 3.78. The summed E-state index contributed by atoms with van der Waals surface area (Å²) in [6.45, 7) is 2.19. The van der Waals surface area contributed by atoms with Crippen LogP contribution in [-0.2, 0) is 6.42 Å². The van der Waals surface area contributed by atoms with E-state index >= 15 is 0 Å². The lowest BCUT2D eigenvalue weighted by Crippen LogP contribution is -2.26. The van der Waals surface area contributed by atoms with Crippen molar-refractivity contribution >= 4 is 45.7 Å². The maximum Gasteiger partial charge on any atom is 0.199 e. The molecule has 6 heteroatoms.